The lowest BCUT2D eigenvalue weighted by Crippen LogP contribution is -2.58. The van der Waals surface area contributed by atoms with Crippen molar-refractivity contribution in [1.29, 1.82) is 0 Å². The van der Waals surface area contributed by atoms with Crippen molar-refractivity contribution in [3.63, 3.8) is 0 Å². The minimum atomic E-state index is -1.36. The van der Waals surface area contributed by atoms with E-state index in [0.717, 1.165) is 10.5 Å². The third kappa shape index (κ3) is 8.61. The molecule has 1 saturated heterocycles. The van der Waals surface area contributed by atoms with Crippen molar-refractivity contribution in [2.75, 3.05) is 13.1 Å². The summed E-state index contributed by atoms with van der Waals surface area (Å²) in [5.41, 5.74) is 17.8. The van der Waals surface area contributed by atoms with Gasteiger partial charge in [0.05, 0.1) is 12.5 Å². The smallest absolute Gasteiger partial charge is 0.326 e. The summed E-state index contributed by atoms with van der Waals surface area (Å²) in [7, 11) is 0. The number of amides is 4. The molecule has 9 N–H and O–H groups in total. The molecule has 36 heavy (non-hydrogen) atoms. The van der Waals surface area contributed by atoms with Crippen LogP contribution in [0.3, 0.4) is 0 Å². The molecule has 1 aromatic rings. The van der Waals surface area contributed by atoms with Crippen molar-refractivity contribution in [1.82, 2.24) is 15.5 Å². The quantitative estimate of drug-likeness (QED) is 0.166. The number of hydrogen-bond acceptors (Lipinski definition) is 7. The Hall–Kier alpha value is -3.51. The first-order valence-corrected chi connectivity index (χ1v) is 12.1. The lowest BCUT2D eigenvalue weighted by molar-refractivity contribution is -0.149. The summed E-state index contributed by atoms with van der Waals surface area (Å²) in [6, 6.07) is 4.81. The lowest BCUT2D eigenvalue weighted by Gasteiger charge is -2.28. The van der Waals surface area contributed by atoms with Gasteiger partial charge in [-0.05, 0) is 50.6 Å². The topological polar surface area (TPSA) is 211 Å². The molecule has 4 unspecified atom stereocenters. The number of hydrogen-bond donors (Lipinski definition) is 6. The normalized spacial score (nSPS) is 17.6. The van der Waals surface area contributed by atoms with Gasteiger partial charge < -0.3 is 37.8 Å². The highest BCUT2D eigenvalue weighted by atomic mass is 16.4. The van der Waals surface area contributed by atoms with Crippen molar-refractivity contribution >= 4 is 29.6 Å². The van der Waals surface area contributed by atoms with E-state index in [4.69, 9.17) is 17.2 Å². The van der Waals surface area contributed by atoms with Gasteiger partial charge >= 0.3 is 5.97 Å². The number of nitrogens with two attached hydrogens (primary N) is 3. The van der Waals surface area contributed by atoms with E-state index in [1.54, 1.807) is 0 Å². The van der Waals surface area contributed by atoms with Crippen LogP contribution in [0.2, 0.25) is 0 Å². The van der Waals surface area contributed by atoms with Crippen LogP contribution in [0.1, 0.15) is 44.1 Å². The molecular weight excluding hydrogens is 468 g/mol. The molecule has 4 amide bonds. The summed E-state index contributed by atoms with van der Waals surface area (Å²) in [6.45, 7) is 0.579. The fourth-order valence-corrected chi connectivity index (χ4v) is 4.16. The second-order valence-electron chi connectivity index (χ2n) is 8.90. The van der Waals surface area contributed by atoms with E-state index in [-0.39, 0.29) is 25.8 Å². The zero-order chi connectivity index (χ0) is 26.7. The first kappa shape index (κ1) is 28.7. The highest BCUT2D eigenvalue weighted by Gasteiger charge is 2.39. The number of carbonyl (C=O) groups excluding carboxylic acids is 4. The Morgan fingerprint density at radius 2 is 1.69 bits per heavy atom. The number of nitrogens with zero attached hydrogens (tertiary/aromatic N) is 1. The largest absolute Gasteiger partial charge is 0.480 e. The van der Waals surface area contributed by atoms with Gasteiger partial charge in [0.2, 0.25) is 23.6 Å². The first-order valence-electron chi connectivity index (χ1n) is 12.1. The molecule has 1 heterocycles. The van der Waals surface area contributed by atoms with Crippen LogP contribution >= 0.6 is 0 Å². The van der Waals surface area contributed by atoms with Gasteiger partial charge in [-0.15, -0.1) is 0 Å². The molecule has 2 rings (SSSR count). The fraction of sp³-hybridized carbons (Fsp3) is 0.542. The minimum absolute atomic E-state index is 0.186. The van der Waals surface area contributed by atoms with Crippen molar-refractivity contribution in [2.45, 2.75) is 69.1 Å². The number of nitrogens with one attached hydrogen (secondary N) is 2. The van der Waals surface area contributed by atoms with E-state index in [0.29, 0.717) is 25.8 Å². The number of benzene rings is 1. The molecule has 1 aromatic carbocycles. The van der Waals surface area contributed by atoms with Crippen LogP contribution in [0.5, 0.6) is 0 Å². The summed E-state index contributed by atoms with van der Waals surface area (Å²) < 4.78 is 0. The van der Waals surface area contributed by atoms with Gasteiger partial charge in [-0.25, -0.2) is 4.79 Å². The second kappa shape index (κ2) is 14.1. The van der Waals surface area contributed by atoms with Crippen LogP contribution in [-0.2, 0) is 30.4 Å². The van der Waals surface area contributed by atoms with Crippen LogP contribution < -0.4 is 27.8 Å². The summed E-state index contributed by atoms with van der Waals surface area (Å²) in [5.74, 6) is -3.95. The molecule has 198 valence electrons. The van der Waals surface area contributed by atoms with E-state index >= 15 is 0 Å². The second-order valence-corrected chi connectivity index (χ2v) is 8.90. The average molecular weight is 505 g/mol. The van der Waals surface area contributed by atoms with Gasteiger partial charge in [0.15, 0.2) is 0 Å². The number of aliphatic carboxylic acids is 1. The zero-order valence-corrected chi connectivity index (χ0v) is 20.2. The van der Waals surface area contributed by atoms with E-state index in [9.17, 15) is 29.1 Å². The molecule has 0 radical (unpaired) electrons. The molecule has 0 aliphatic carbocycles. The SMILES string of the molecule is NCCCCC(NC(=O)C(N)Cc1ccccc1)C(=O)NC(CC(N)=O)C(=O)N1CCCC1C(=O)O. The molecule has 1 fully saturated rings. The summed E-state index contributed by atoms with van der Waals surface area (Å²) in [6.07, 6.45) is 1.86. The minimum Gasteiger partial charge on any atom is -0.480 e. The number of primary amides is 1. The Morgan fingerprint density at radius 3 is 2.31 bits per heavy atom. The Bertz CT molecular complexity index is 927. The van der Waals surface area contributed by atoms with Gasteiger partial charge in [0.25, 0.3) is 0 Å². The van der Waals surface area contributed by atoms with Gasteiger partial charge in [-0.3, -0.25) is 19.2 Å². The third-order valence-corrected chi connectivity index (χ3v) is 6.06. The molecule has 12 heteroatoms. The van der Waals surface area contributed by atoms with Crippen molar-refractivity contribution < 1.29 is 29.1 Å². The number of carboxylic acids is 1. The standard InChI is InChI=1S/C24H36N6O6/c25-11-5-4-9-17(28-21(32)16(26)13-15-7-2-1-3-8-15)22(33)29-18(14-20(27)31)23(34)30-12-6-10-19(30)24(35)36/h1-3,7-8,16-19H,4-6,9-14,25-26H2,(H2,27,31)(H,28,32)(H,29,33)(H,35,36). The predicted molar refractivity (Wildman–Crippen MR) is 131 cm³/mol. The predicted octanol–water partition coefficient (Wildman–Crippen LogP) is -1.39. The molecule has 0 bridgehead atoms. The monoisotopic (exact) mass is 504 g/mol. The Morgan fingerprint density at radius 1 is 1.03 bits per heavy atom. The van der Waals surface area contributed by atoms with E-state index < -0.39 is 60.2 Å². The third-order valence-electron chi connectivity index (χ3n) is 6.06. The van der Waals surface area contributed by atoms with Gasteiger partial charge in [0, 0.05) is 6.54 Å². The van der Waals surface area contributed by atoms with E-state index in [1.807, 2.05) is 30.3 Å². The van der Waals surface area contributed by atoms with Crippen LogP contribution in [0.25, 0.3) is 0 Å². The van der Waals surface area contributed by atoms with Gasteiger partial charge in [-0.1, -0.05) is 30.3 Å². The van der Waals surface area contributed by atoms with E-state index in [1.165, 1.54) is 0 Å². The lowest BCUT2D eigenvalue weighted by atomic mass is 10.0. The van der Waals surface area contributed by atoms with Crippen molar-refractivity contribution in [3.8, 4) is 0 Å². The number of carbonyl (C=O) groups is 5. The summed E-state index contributed by atoms with van der Waals surface area (Å²) >= 11 is 0. The fourth-order valence-electron chi connectivity index (χ4n) is 4.16. The first-order chi connectivity index (χ1) is 17.1. The van der Waals surface area contributed by atoms with Crippen LogP contribution in [0, 0.1) is 0 Å². The highest BCUT2D eigenvalue weighted by molar-refractivity contribution is 5.96. The molecule has 1 aliphatic rings. The number of likely N-dealkylation sites (tertiary alicyclic amines) is 1. The van der Waals surface area contributed by atoms with Crippen LogP contribution in [0.15, 0.2) is 30.3 Å². The van der Waals surface area contributed by atoms with Crippen molar-refractivity contribution in [3.05, 3.63) is 35.9 Å². The highest BCUT2D eigenvalue weighted by Crippen LogP contribution is 2.19. The zero-order valence-electron chi connectivity index (χ0n) is 20.2. The van der Waals surface area contributed by atoms with Crippen LogP contribution in [-0.4, -0.2) is 76.9 Å². The molecule has 12 nitrogen and oxygen atoms in total. The van der Waals surface area contributed by atoms with E-state index in [2.05, 4.69) is 10.6 Å². The Kier molecular flexibility index (Phi) is 11.3. The molecule has 0 saturated carbocycles. The van der Waals surface area contributed by atoms with Crippen molar-refractivity contribution in [2.24, 2.45) is 17.2 Å². The molecule has 1 aliphatic heterocycles. The molecule has 0 spiro atoms. The maximum absolute atomic E-state index is 13.1. The maximum atomic E-state index is 13.1. The summed E-state index contributed by atoms with van der Waals surface area (Å²) in [4.78, 5) is 63.2. The molecule has 0 aromatic heterocycles. The Balaban J connectivity index is 2.13. The maximum Gasteiger partial charge on any atom is 0.326 e. The number of rotatable bonds is 14. The number of carboxylic acid groups (broad SMARTS) is 1. The number of unbranched alkanes of at least 4 members (excludes halogenated alkanes) is 1. The molecular formula is C24H36N6O6. The van der Waals surface area contributed by atoms with Gasteiger partial charge in [-0.2, -0.15) is 0 Å². The van der Waals surface area contributed by atoms with Gasteiger partial charge in [0.1, 0.15) is 18.1 Å². The Labute approximate surface area is 209 Å². The molecule has 4 atom stereocenters. The van der Waals surface area contributed by atoms with Crippen LogP contribution in [0.4, 0.5) is 0 Å². The average Bonchev–Trinajstić information content (AvgIpc) is 3.33. The summed E-state index contributed by atoms with van der Waals surface area (Å²) in [5, 5.41) is 14.5.